The predicted molar refractivity (Wildman–Crippen MR) is 70.9 cm³/mol. The van der Waals surface area contributed by atoms with Crippen molar-refractivity contribution < 1.29 is 14.7 Å². The summed E-state index contributed by atoms with van der Waals surface area (Å²) in [5.74, 6) is 0.295. The van der Waals surface area contributed by atoms with E-state index in [1.807, 2.05) is 0 Å². The van der Waals surface area contributed by atoms with Crippen molar-refractivity contribution in [1.29, 1.82) is 0 Å². The molecule has 2 atom stereocenters. The van der Waals surface area contributed by atoms with Crippen molar-refractivity contribution in [2.75, 3.05) is 19.7 Å². The monoisotopic (exact) mass is 269 g/mol. The maximum Gasteiger partial charge on any atom is 0.226 e. The van der Waals surface area contributed by atoms with Gasteiger partial charge in [-0.1, -0.05) is 25.4 Å². The van der Waals surface area contributed by atoms with Crippen molar-refractivity contribution in [3.8, 4) is 0 Å². The summed E-state index contributed by atoms with van der Waals surface area (Å²) in [6.07, 6.45) is 2.67. The first-order valence-corrected chi connectivity index (χ1v) is 6.83. The molecule has 0 aromatic heterocycles. The summed E-state index contributed by atoms with van der Waals surface area (Å²) in [6, 6.07) is 0. The van der Waals surface area contributed by atoms with Gasteiger partial charge < -0.3 is 20.6 Å². The van der Waals surface area contributed by atoms with Gasteiger partial charge in [-0.2, -0.15) is 0 Å². The van der Waals surface area contributed by atoms with Gasteiger partial charge in [0.05, 0.1) is 13.2 Å². The number of hydrogen-bond acceptors (Lipinski definition) is 4. The van der Waals surface area contributed by atoms with Crippen molar-refractivity contribution in [1.82, 2.24) is 4.90 Å². The third-order valence-corrected chi connectivity index (χ3v) is 4.38. The summed E-state index contributed by atoms with van der Waals surface area (Å²) in [5, 5.41) is 11.6. The maximum absolute atomic E-state index is 12.6. The zero-order chi connectivity index (χ0) is 14.0. The lowest BCUT2D eigenvalue weighted by molar-refractivity contribution is -0.143. The van der Waals surface area contributed by atoms with Gasteiger partial charge in [-0.05, 0) is 18.3 Å². The molecule has 2 fully saturated rings. The summed E-state index contributed by atoms with van der Waals surface area (Å²) in [7, 11) is 0. The predicted octanol–water partition coefficient (Wildman–Crippen LogP) is 0.786. The van der Waals surface area contributed by atoms with Crippen LogP contribution in [0.25, 0.3) is 0 Å². The van der Waals surface area contributed by atoms with Crippen LogP contribution >= 0.6 is 0 Å². The van der Waals surface area contributed by atoms with E-state index >= 15 is 0 Å². The molecule has 1 aliphatic heterocycles. The lowest BCUT2D eigenvalue weighted by Gasteiger charge is -2.36. The minimum Gasteiger partial charge on any atom is -0.409 e. The lowest BCUT2D eigenvalue weighted by Crippen LogP contribution is -2.52. The molecule has 2 aliphatic rings. The molecule has 1 heterocycles. The van der Waals surface area contributed by atoms with Crippen molar-refractivity contribution in [3.05, 3.63) is 0 Å². The van der Waals surface area contributed by atoms with Crippen LogP contribution in [0.2, 0.25) is 0 Å². The molecule has 19 heavy (non-hydrogen) atoms. The van der Waals surface area contributed by atoms with Crippen LogP contribution in [0.5, 0.6) is 0 Å². The zero-order valence-electron chi connectivity index (χ0n) is 11.6. The third-order valence-electron chi connectivity index (χ3n) is 4.38. The molecule has 0 aromatic rings. The first-order chi connectivity index (χ1) is 8.95. The third kappa shape index (κ3) is 2.83. The number of amides is 1. The van der Waals surface area contributed by atoms with Crippen LogP contribution in [-0.2, 0) is 9.53 Å². The van der Waals surface area contributed by atoms with E-state index in [1.54, 1.807) is 4.90 Å². The van der Waals surface area contributed by atoms with Crippen molar-refractivity contribution in [2.45, 2.75) is 39.2 Å². The smallest absolute Gasteiger partial charge is 0.226 e. The highest BCUT2D eigenvalue weighted by atomic mass is 16.5. The first-order valence-electron chi connectivity index (χ1n) is 6.83. The molecule has 3 N–H and O–H groups in total. The van der Waals surface area contributed by atoms with E-state index in [9.17, 15) is 4.79 Å². The molecule has 1 amide bonds. The van der Waals surface area contributed by atoms with Gasteiger partial charge in [-0.15, -0.1) is 0 Å². The minimum atomic E-state index is -0.493. The van der Waals surface area contributed by atoms with Gasteiger partial charge in [0.25, 0.3) is 0 Å². The standard InChI is InChI=1S/C13H23N3O3/c1-13(2)5-3-4-9(13)12(17)16-6-7-19-10(8-16)11(14)15-18/h9-10,18H,3-8H2,1-2H3,(H2,14,15). The Bertz CT molecular complexity index is 381. The van der Waals surface area contributed by atoms with Crippen LogP contribution < -0.4 is 5.73 Å². The Hall–Kier alpha value is -1.30. The van der Waals surface area contributed by atoms with Crippen molar-refractivity contribution in [3.63, 3.8) is 0 Å². The maximum atomic E-state index is 12.6. The van der Waals surface area contributed by atoms with E-state index in [4.69, 9.17) is 15.7 Å². The highest BCUT2D eigenvalue weighted by molar-refractivity contribution is 5.86. The van der Waals surface area contributed by atoms with Crippen LogP contribution in [0.1, 0.15) is 33.1 Å². The fraction of sp³-hybridized carbons (Fsp3) is 0.846. The molecule has 0 spiro atoms. The van der Waals surface area contributed by atoms with Crippen LogP contribution in [0.3, 0.4) is 0 Å². The summed E-state index contributed by atoms with van der Waals surface area (Å²) in [5.41, 5.74) is 5.62. The number of morpholine rings is 1. The van der Waals surface area contributed by atoms with Crippen molar-refractivity contribution in [2.24, 2.45) is 22.2 Å². The highest BCUT2D eigenvalue weighted by Gasteiger charge is 2.42. The molecular formula is C13H23N3O3. The average Bonchev–Trinajstić information content (AvgIpc) is 2.76. The molecule has 6 nitrogen and oxygen atoms in total. The second kappa shape index (κ2) is 5.36. The van der Waals surface area contributed by atoms with E-state index in [-0.39, 0.29) is 23.1 Å². The van der Waals surface area contributed by atoms with Crippen LogP contribution in [0.4, 0.5) is 0 Å². The fourth-order valence-electron chi connectivity index (χ4n) is 3.10. The molecule has 0 aromatic carbocycles. The Labute approximate surface area is 113 Å². The Kier molecular flexibility index (Phi) is 3.99. The number of amidine groups is 1. The average molecular weight is 269 g/mol. The Morgan fingerprint density at radius 2 is 2.26 bits per heavy atom. The SMILES string of the molecule is CC1(C)CCCC1C(=O)N1CCOC(C(N)=NO)C1. The molecule has 0 bridgehead atoms. The lowest BCUT2D eigenvalue weighted by atomic mass is 9.81. The van der Waals surface area contributed by atoms with Gasteiger partial charge in [-0.25, -0.2) is 0 Å². The van der Waals surface area contributed by atoms with Gasteiger partial charge in [-0.3, -0.25) is 4.79 Å². The number of nitrogens with zero attached hydrogens (tertiary/aromatic N) is 2. The van der Waals surface area contributed by atoms with E-state index in [2.05, 4.69) is 19.0 Å². The number of ether oxygens (including phenoxy) is 1. The second-order valence-electron chi connectivity index (χ2n) is 6.10. The highest BCUT2D eigenvalue weighted by Crippen LogP contribution is 2.43. The molecule has 108 valence electrons. The number of carbonyl (C=O) groups is 1. The van der Waals surface area contributed by atoms with Crippen LogP contribution in [0.15, 0.2) is 5.16 Å². The van der Waals surface area contributed by atoms with Gasteiger partial charge in [0.15, 0.2) is 5.84 Å². The molecule has 2 rings (SSSR count). The van der Waals surface area contributed by atoms with Crippen molar-refractivity contribution >= 4 is 11.7 Å². The molecule has 1 saturated carbocycles. The van der Waals surface area contributed by atoms with Gasteiger partial charge in [0, 0.05) is 12.5 Å². The second-order valence-corrected chi connectivity index (χ2v) is 6.10. The number of nitrogens with two attached hydrogens (primary N) is 1. The van der Waals surface area contributed by atoms with Crippen LogP contribution in [-0.4, -0.2) is 47.7 Å². The van der Waals surface area contributed by atoms with E-state index in [1.165, 1.54) is 0 Å². The fourth-order valence-corrected chi connectivity index (χ4v) is 3.10. The number of carbonyl (C=O) groups excluding carboxylic acids is 1. The van der Waals surface area contributed by atoms with Crippen LogP contribution in [0, 0.1) is 11.3 Å². The molecular weight excluding hydrogens is 246 g/mol. The van der Waals surface area contributed by atoms with Gasteiger partial charge in [0.2, 0.25) is 5.91 Å². The Morgan fingerprint density at radius 3 is 2.84 bits per heavy atom. The first kappa shape index (κ1) is 14.1. The Balaban J connectivity index is 2.03. The molecule has 2 unspecified atom stereocenters. The largest absolute Gasteiger partial charge is 0.409 e. The zero-order valence-corrected chi connectivity index (χ0v) is 11.6. The number of rotatable bonds is 2. The summed E-state index contributed by atoms with van der Waals surface area (Å²) in [6.45, 7) is 5.70. The van der Waals surface area contributed by atoms with Gasteiger partial charge >= 0.3 is 0 Å². The molecule has 6 heteroatoms. The van der Waals surface area contributed by atoms with E-state index in [0.717, 1.165) is 19.3 Å². The number of hydrogen-bond donors (Lipinski definition) is 2. The Morgan fingerprint density at radius 1 is 1.53 bits per heavy atom. The molecule has 0 radical (unpaired) electrons. The number of oxime groups is 1. The molecule has 1 aliphatic carbocycles. The summed E-state index contributed by atoms with van der Waals surface area (Å²) in [4.78, 5) is 14.4. The summed E-state index contributed by atoms with van der Waals surface area (Å²) < 4.78 is 5.42. The van der Waals surface area contributed by atoms with Gasteiger partial charge in [0.1, 0.15) is 6.10 Å². The molecule has 1 saturated heterocycles. The summed E-state index contributed by atoms with van der Waals surface area (Å²) >= 11 is 0. The van der Waals surface area contributed by atoms with E-state index in [0.29, 0.717) is 19.7 Å². The minimum absolute atomic E-state index is 0.0307. The topological polar surface area (TPSA) is 88.2 Å². The van der Waals surface area contributed by atoms with E-state index < -0.39 is 6.10 Å². The quantitative estimate of drug-likeness (QED) is 0.336. The normalized spacial score (nSPS) is 31.5.